The molecule has 0 amide bonds. The Labute approximate surface area is 100 Å². The predicted octanol–water partition coefficient (Wildman–Crippen LogP) is 3.51. The zero-order chi connectivity index (χ0) is 12.7. The molecule has 1 atom stereocenters. The average molecular weight is 241 g/mol. The van der Waals surface area contributed by atoms with Gasteiger partial charge in [-0.2, -0.15) is 8.78 Å². The lowest BCUT2D eigenvalue weighted by molar-refractivity contribution is -0.0498. The molecule has 0 saturated carbocycles. The molecule has 0 saturated heterocycles. The monoisotopic (exact) mass is 241 g/mol. The second-order valence-electron chi connectivity index (χ2n) is 3.70. The average Bonchev–Trinajstić information content (AvgIpc) is 2.29. The number of nitrogens with one attached hydrogen (secondary N) is 1. The van der Waals surface area contributed by atoms with Crippen molar-refractivity contribution in [1.29, 1.82) is 0 Å². The fourth-order valence-corrected chi connectivity index (χ4v) is 1.46. The number of rotatable bonds is 7. The topological polar surface area (TPSA) is 21.3 Å². The van der Waals surface area contributed by atoms with Gasteiger partial charge in [-0.25, -0.2) is 0 Å². The van der Waals surface area contributed by atoms with Gasteiger partial charge in [0.05, 0.1) is 0 Å². The third-order valence-corrected chi connectivity index (χ3v) is 2.40. The molecule has 1 rings (SSSR count). The minimum atomic E-state index is -2.77. The summed E-state index contributed by atoms with van der Waals surface area (Å²) in [7, 11) is 0. The molecule has 2 nitrogen and oxygen atoms in total. The summed E-state index contributed by atoms with van der Waals surface area (Å²) in [4.78, 5) is 0. The number of ether oxygens (including phenoxy) is 1. The standard InChI is InChI=1S/C13H17F2NO/c1-3-4-9-16-10(2)11-5-7-12(8-6-11)17-13(14)15/h3,5-8,10,13,16H,1,4,9H2,2H3. The van der Waals surface area contributed by atoms with Crippen molar-refractivity contribution in [3.63, 3.8) is 0 Å². The molecule has 94 valence electrons. The van der Waals surface area contributed by atoms with Crippen LogP contribution in [0.1, 0.15) is 24.9 Å². The quantitative estimate of drug-likeness (QED) is 0.582. The van der Waals surface area contributed by atoms with Gasteiger partial charge in [-0.05, 0) is 37.6 Å². The smallest absolute Gasteiger partial charge is 0.387 e. The Morgan fingerprint density at radius 1 is 1.35 bits per heavy atom. The Hall–Kier alpha value is -1.42. The summed E-state index contributed by atoms with van der Waals surface area (Å²) in [5.41, 5.74) is 1.04. The molecule has 0 aromatic heterocycles. The van der Waals surface area contributed by atoms with Gasteiger partial charge in [0.1, 0.15) is 5.75 Å². The van der Waals surface area contributed by atoms with Crippen LogP contribution in [-0.2, 0) is 0 Å². The summed E-state index contributed by atoms with van der Waals surface area (Å²) < 4.78 is 28.2. The van der Waals surface area contributed by atoms with Crippen LogP contribution in [0, 0.1) is 0 Å². The molecule has 0 aliphatic heterocycles. The molecular weight excluding hydrogens is 224 g/mol. The van der Waals surface area contributed by atoms with Crippen molar-refractivity contribution in [3.05, 3.63) is 42.5 Å². The maximum atomic E-state index is 11.9. The van der Waals surface area contributed by atoms with Gasteiger partial charge in [0, 0.05) is 6.04 Å². The minimum Gasteiger partial charge on any atom is -0.435 e. The first kappa shape index (κ1) is 13.6. The van der Waals surface area contributed by atoms with Crippen LogP contribution < -0.4 is 10.1 Å². The third kappa shape index (κ3) is 4.95. The van der Waals surface area contributed by atoms with E-state index in [1.165, 1.54) is 0 Å². The minimum absolute atomic E-state index is 0.176. The Morgan fingerprint density at radius 3 is 2.53 bits per heavy atom. The van der Waals surface area contributed by atoms with E-state index in [1.807, 2.05) is 13.0 Å². The van der Waals surface area contributed by atoms with Crippen molar-refractivity contribution in [2.45, 2.75) is 26.0 Å². The van der Waals surface area contributed by atoms with Gasteiger partial charge in [0.25, 0.3) is 0 Å². The van der Waals surface area contributed by atoms with Crippen molar-refractivity contribution >= 4 is 0 Å². The number of hydrogen-bond acceptors (Lipinski definition) is 2. The lowest BCUT2D eigenvalue weighted by Crippen LogP contribution is -2.19. The second-order valence-corrected chi connectivity index (χ2v) is 3.70. The highest BCUT2D eigenvalue weighted by Gasteiger charge is 2.06. The summed E-state index contributed by atoms with van der Waals surface area (Å²) in [5.74, 6) is 0.182. The Bertz CT molecular complexity index is 338. The molecule has 4 heteroatoms. The molecule has 0 aliphatic rings. The molecule has 0 spiro atoms. The van der Waals surface area contributed by atoms with Crippen LogP contribution >= 0.6 is 0 Å². The summed E-state index contributed by atoms with van der Waals surface area (Å²) >= 11 is 0. The van der Waals surface area contributed by atoms with E-state index in [1.54, 1.807) is 24.3 Å². The zero-order valence-electron chi connectivity index (χ0n) is 9.83. The largest absolute Gasteiger partial charge is 0.435 e. The van der Waals surface area contributed by atoms with Crippen LogP contribution in [0.2, 0.25) is 0 Å². The van der Waals surface area contributed by atoms with E-state index >= 15 is 0 Å². The van der Waals surface area contributed by atoms with E-state index in [0.717, 1.165) is 18.5 Å². The molecule has 1 aromatic rings. The first-order valence-corrected chi connectivity index (χ1v) is 5.52. The van der Waals surface area contributed by atoms with Crippen LogP contribution in [-0.4, -0.2) is 13.2 Å². The maximum Gasteiger partial charge on any atom is 0.387 e. The maximum absolute atomic E-state index is 11.9. The zero-order valence-corrected chi connectivity index (χ0v) is 9.83. The van der Waals surface area contributed by atoms with E-state index in [0.29, 0.717) is 0 Å². The molecule has 1 aromatic carbocycles. The highest BCUT2D eigenvalue weighted by molar-refractivity contribution is 5.28. The Morgan fingerprint density at radius 2 is 2.00 bits per heavy atom. The number of benzene rings is 1. The first-order chi connectivity index (χ1) is 8.13. The molecule has 0 bridgehead atoms. The number of hydrogen-bond donors (Lipinski definition) is 1. The van der Waals surface area contributed by atoms with E-state index in [2.05, 4.69) is 16.6 Å². The van der Waals surface area contributed by atoms with Gasteiger partial charge in [0.15, 0.2) is 0 Å². The summed E-state index contributed by atoms with van der Waals surface area (Å²) in [6, 6.07) is 6.84. The molecular formula is C13H17F2NO. The molecule has 1 unspecified atom stereocenters. The molecule has 0 heterocycles. The van der Waals surface area contributed by atoms with Crippen molar-refractivity contribution in [2.24, 2.45) is 0 Å². The van der Waals surface area contributed by atoms with E-state index in [9.17, 15) is 8.78 Å². The Balaban J connectivity index is 2.51. The number of halogens is 2. The van der Waals surface area contributed by atoms with Gasteiger partial charge >= 0.3 is 6.61 Å². The molecule has 17 heavy (non-hydrogen) atoms. The highest BCUT2D eigenvalue weighted by atomic mass is 19.3. The summed E-state index contributed by atoms with van der Waals surface area (Å²) in [5, 5.41) is 3.30. The van der Waals surface area contributed by atoms with Crippen LogP contribution in [0.4, 0.5) is 8.78 Å². The van der Waals surface area contributed by atoms with Crippen LogP contribution in [0.25, 0.3) is 0 Å². The van der Waals surface area contributed by atoms with Crippen molar-refractivity contribution < 1.29 is 13.5 Å². The fraction of sp³-hybridized carbons (Fsp3) is 0.385. The molecule has 0 radical (unpaired) electrons. The van der Waals surface area contributed by atoms with Crippen molar-refractivity contribution in [3.8, 4) is 5.75 Å². The van der Waals surface area contributed by atoms with E-state index in [4.69, 9.17) is 0 Å². The molecule has 1 N–H and O–H groups in total. The van der Waals surface area contributed by atoms with Gasteiger partial charge in [0.2, 0.25) is 0 Å². The normalized spacial score (nSPS) is 12.5. The van der Waals surface area contributed by atoms with Gasteiger partial charge in [-0.15, -0.1) is 6.58 Å². The van der Waals surface area contributed by atoms with Gasteiger partial charge in [-0.3, -0.25) is 0 Å². The summed E-state index contributed by atoms with van der Waals surface area (Å²) in [6.07, 6.45) is 2.75. The highest BCUT2D eigenvalue weighted by Crippen LogP contribution is 2.18. The first-order valence-electron chi connectivity index (χ1n) is 5.52. The van der Waals surface area contributed by atoms with Gasteiger partial charge in [-0.1, -0.05) is 18.2 Å². The van der Waals surface area contributed by atoms with Crippen LogP contribution in [0.3, 0.4) is 0 Å². The van der Waals surface area contributed by atoms with Crippen molar-refractivity contribution in [2.75, 3.05) is 6.54 Å². The predicted molar refractivity (Wildman–Crippen MR) is 64.3 cm³/mol. The third-order valence-electron chi connectivity index (χ3n) is 2.40. The fourth-order valence-electron chi connectivity index (χ4n) is 1.46. The lowest BCUT2D eigenvalue weighted by Gasteiger charge is -2.14. The second kappa shape index (κ2) is 7.01. The SMILES string of the molecule is C=CCCNC(C)c1ccc(OC(F)F)cc1. The Kier molecular flexibility index (Phi) is 5.63. The van der Waals surface area contributed by atoms with E-state index < -0.39 is 6.61 Å². The van der Waals surface area contributed by atoms with Gasteiger partial charge < -0.3 is 10.1 Å². The molecule has 0 aliphatic carbocycles. The number of alkyl halides is 2. The van der Waals surface area contributed by atoms with E-state index in [-0.39, 0.29) is 11.8 Å². The molecule has 0 fully saturated rings. The van der Waals surface area contributed by atoms with Crippen LogP contribution in [0.15, 0.2) is 36.9 Å². The van der Waals surface area contributed by atoms with Crippen molar-refractivity contribution in [1.82, 2.24) is 5.32 Å². The van der Waals surface area contributed by atoms with Crippen LogP contribution in [0.5, 0.6) is 5.75 Å². The summed E-state index contributed by atoms with van der Waals surface area (Å²) in [6.45, 7) is 3.73. The lowest BCUT2D eigenvalue weighted by atomic mass is 10.1.